The third-order valence-electron chi connectivity index (χ3n) is 2.85. The summed E-state index contributed by atoms with van der Waals surface area (Å²) in [7, 11) is 0. The molecule has 100 valence electrons. The lowest BCUT2D eigenvalue weighted by molar-refractivity contribution is 0.844. The van der Waals surface area contributed by atoms with Crippen LogP contribution in [0.2, 0.25) is 5.15 Å². The van der Waals surface area contributed by atoms with Crippen molar-refractivity contribution in [1.82, 2.24) is 15.0 Å². The van der Waals surface area contributed by atoms with Crippen molar-refractivity contribution >= 4 is 17.4 Å². The molecule has 0 aliphatic rings. The molecule has 0 aliphatic heterocycles. The number of nitrogens with one attached hydrogen (secondary N) is 1. The third kappa shape index (κ3) is 3.41. The molecule has 0 aliphatic carbocycles. The maximum Gasteiger partial charge on any atom is 0.138 e. The molecule has 4 nitrogen and oxygen atoms in total. The van der Waals surface area contributed by atoms with Crippen LogP contribution < -0.4 is 5.32 Å². The fraction of sp³-hybridized carbons (Fsp3) is 0.357. The lowest BCUT2D eigenvalue weighted by Gasteiger charge is -2.14. The van der Waals surface area contributed by atoms with Crippen LogP contribution in [0.1, 0.15) is 36.6 Å². The minimum Gasteiger partial charge on any atom is -0.366 e. The van der Waals surface area contributed by atoms with E-state index in [0.717, 1.165) is 22.6 Å². The first-order chi connectivity index (χ1) is 9.08. The quantitative estimate of drug-likeness (QED) is 0.868. The molecule has 1 N–H and O–H groups in total. The van der Waals surface area contributed by atoms with E-state index in [1.54, 1.807) is 0 Å². The zero-order valence-corrected chi connectivity index (χ0v) is 12.1. The number of rotatable bonds is 4. The van der Waals surface area contributed by atoms with Crippen molar-refractivity contribution in [3.8, 4) is 0 Å². The highest BCUT2D eigenvalue weighted by molar-refractivity contribution is 6.30. The molecule has 0 fully saturated rings. The molecule has 0 radical (unpaired) electrons. The van der Waals surface area contributed by atoms with Crippen LogP contribution in [0, 0.1) is 6.92 Å². The van der Waals surface area contributed by atoms with Crippen molar-refractivity contribution in [2.45, 2.75) is 33.2 Å². The van der Waals surface area contributed by atoms with E-state index in [1.165, 1.54) is 6.33 Å². The van der Waals surface area contributed by atoms with Gasteiger partial charge in [0.05, 0.1) is 0 Å². The molecule has 5 heteroatoms. The summed E-state index contributed by atoms with van der Waals surface area (Å²) in [4.78, 5) is 12.6. The van der Waals surface area contributed by atoms with Gasteiger partial charge in [-0.05, 0) is 24.5 Å². The molecule has 19 heavy (non-hydrogen) atoms. The lowest BCUT2D eigenvalue weighted by atomic mass is 10.1. The van der Waals surface area contributed by atoms with Crippen LogP contribution in [-0.2, 0) is 6.54 Å². The number of pyridine rings is 1. The van der Waals surface area contributed by atoms with Crippen LogP contribution in [0.5, 0.6) is 0 Å². The number of hydrogen-bond donors (Lipinski definition) is 1. The minimum absolute atomic E-state index is 0.271. The van der Waals surface area contributed by atoms with E-state index >= 15 is 0 Å². The van der Waals surface area contributed by atoms with Gasteiger partial charge in [0.25, 0.3) is 0 Å². The van der Waals surface area contributed by atoms with E-state index in [4.69, 9.17) is 11.6 Å². The largest absolute Gasteiger partial charge is 0.366 e. The molecule has 0 saturated carbocycles. The second-order valence-corrected chi connectivity index (χ2v) is 5.10. The average Bonchev–Trinajstić information content (AvgIpc) is 2.37. The highest BCUT2D eigenvalue weighted by Gasteiger charge is 2.13. The van der Waals surface area contributed by atoms with E-state index in [-0.39, 0.29) is 5.92 Å². The molecule has 2 aromatic heterocycles. The molecule has 0 aromatic carbocycles. The Hall–Kier alpha value is -1.68. The van der Waals surface area contributed by atoms with Crippen LogP contribution in [0.3, 0.4) is 0 Å². The topological polar surface area (TPSA) is 50.7 Å². The Bertz CT molecular complexity index is 552. The van der Waals surface area contributed by atoms with Crippen molar-refractivity contribution < 1.29 is 0 Å². The van der Waals surface area contributed by atoms with Gasteiger partial charge in [0, 0.05) is 24.0 Å². The number of hydrogen-bond acceptors (Lipinski definition) is 4. The summed E-state index contributed by atoms with van der Waals surface area (Å²) in [6.45, 7) is 6.78. The van der Waals surface area contributed by atoms with Crippen LogP contribution in [0.25, 0.3) is 0 Å². The fourth-order valence-corrected chi connectivity index (χ4v) is 2.17. The van der Waals surface area contributed by atoms with Crippen LogP contribution in [0.15, 0.2) is 24.7 Å². The summed E-state index contributed by atoms with van der Waals surface area (Å²) in [6, 6.07) is 4.04. The van der Waals surface area contributed by atoms with Crippen molar-refractivity contribution in [2.75, 3.05) is 5.32 Å². The first kappa shape index (κ1) is 13.7. The maximum absolute atomic E-state index is 6.12. The van der Waals surface area contributed by atoms with E-state index in [2.05, 4.69) is 34.1 Å². The smallest absolute Gasteiger partial charge is 0.138 e. The SMILES string of the molecule is Cc1ccc(CNc2ncnc(Cl)c2C(C)C)cn1. The zero-order chi connectivity index (χ0) is 13.8. The van der Waals surface area contributed by atoms with E-state index in [1.807, 2.05) is 25.3 Å². The molecular weight excluding hydrogens is 260 g/mol. The summed E-state index contributed by atoms with van der Waals surface area (Å²) < 4.78 is 0. The van der Waals surface area contributed by atoms with Gasteiger partial charge < -0.3 is 5.32 Å². The normalized spacial score (nSPS) is 10.8. The molecule has 0 spiro atoms. The van der Waals surface area contributed by atoms with Gasteiger partial charge in [-0.2, -0.15) is 0 Å². The van der Waals surface area contributed by atoms with Crippen molar-refractivity contribution in [3.05, 3.63) is 46.6 Å². The monoisotopic (exact) mass is 276 g/mol. The molecule has 0 amide bonds. The van der Waals surface area contributed by atoms with Gasteiger partial charge >= 0.3 is 0 Å². The first-order valence-corrected chi connectivity index (χ1v) is 6.61. The number of aromatic nitrogens is 3. The van der Waals surface area contributed by atoms with Gasteiger partial charge in [0.15, 0.2) is 0 Å². The molecular formula is C14H17ClN4. The Morgan fingerprint density at radius 2 is 2.00 bits per heavy atom. The number of anilines is 1. The fourth-order valence-electron chi connectivity index (χ4n) is 1.82. The van der Waals surface area contributed by atoms with Gasteiger partial charge in [-0.3, -0.25) is 4.98 Å². The molecule has 0 saturated heterocycles. The second kappa shape index (κ2) is 5.97. The predicted octanol–water partition coefficient (Wildman–Crippen LogP) is 3.57. The predicted molar refractivity (Wildman–Crippen MR) is 77.4 cm³/mol. The summed E-state index contributed by atoms with van der Waals surface area (Å²) in [5.74, 6) is 1.06. The summed E-state index contributed by atoms with van der Waals surface area (Å²) >= 11 is 6.12. The van der Waals surface area contributed by atoms with Crippen LogP contribution in [-0.4, -0.2) is 15.0 Å². The highest BCUT2D eigenvalue weighted by Crippen LogP contribution is 2.28. The summed E-state index contributed by atoms with van der Waals surface area (Å²) in [5, 5.41) is 3.80. The Morgan fingerprint density at radius 3 is 2.63 bits per heavy atom. The van der Waals surface area contributed by atoms with Gasteiger partial charge in [0.2, 0.25) is 0 Å². The Balaban J connectivity index is 2.15. The molecule has 0 unspecified atom stereocenters. The number of halogens is 1. The zero-order valence-electron chi connectivity index (χ0n) is 11.3. The van der Waals surface area contributed by atoms with Gasteiger partial charge in [-0.25, -0.2) is 9.97 Å². The highest BCUT2D eigenvalue weighted by atomic mass is 35.5. The van der Waals surface area contributed by atoms with E-state index < -0.39 is 0 Å². The van der Waals surface area contributed by atoms with Crippen molar-refractivity contribution in [3.63, 3.8) is 0 Å². The summed E-state index contributed by atoms with van der Waals surface area (Å²) in [5.41, 5.74) is 3.07. The Labute approximate surface area is 118 Å². The van der Waals surface area contributed by atoms with Gasteiger partial charge in [-0.15, -0.1) is 0 Å². The van der Waals surface area contributed by atoms with E-state index in [9.17, 15) is 0 Å². The first-order valence-electron chi connectivity index (χ1n) is 6.23. The number of aryl methyl sites for hydroxylation is 1. The maximum atomic E-state index is 6.12. The third-order valence-corrected chi connectivity index (χ3v) is 3.15. The Morgan fingerprint density at radius 1 is 1.21 bits per heavy atom. The Kier molecular flexibility index (Phi) is 4.32. The van der Waals surface area contributed by atoms with Crippen molar-refractivity contribution in [2.24, 2.45) is 0 Å². The standard InChI is InChI=1S/C14H17ClN4/c1-9(2)12-13(15)18-8-19-14(12)17-7-11-5-4-10(3)16-6-11/h4-6,8-9H,7H2,1-3H3,(H,17,18,19). The minimum atomic E-state index is 0.271. The molecule has 2 rings (SSSR count). The molecule has 0 bridgehead atoms. The van der Waals surface area contributed by atoms with E-state index in [0.29, 0.717) is 11.7 Å². The van der Waals surface area contributed by atoms with Gasteiger partial charge in [-0.1, -0.05) is 31.5 Å². The average molecular weight is 277 g/mol. The number of nitrogens with zero attached hydrogens (tertiary/aromatic N) is 3. The van der Waals surface area contributed by atoms with Crippen LogP contribution >= 0.6 is 11.6 Å². The summed E-state index contributed by atoms with van der Waals surface area (Å²) in [6.07, 6.45) is 3.34. The molecule has 2 aromatic rings. The lowest BCUT2D eigenvalue weighted by Crippen LogP contribution is -2.07. The molecule has 2 heterocycles. The van der Waals surface area contributed by atoms with Crippen LogP contribution in [0.4, 0.5) is 5.82 Å². The van der Waals surface area contributed by atoms with Gasteiger partial charge in [0.1, 0.15) is 17.3 Å². The molecule has 0 atom stereocenters. The van der Waals surface area contributed by atoms with Crippen molar-refractivity contribution in [1.29, 1.82) is 0 Å². The second-order valence-electron chi connectivity index (χ2n) is 4.74.